The summed E-state index contributed by atoms with van der Waals surface area (Å²) in [5.41, 5.74) is -0.111. The van der Waals surface area contributed by atoms with E-state index in [2.05, 4.69) is 0 Å². The molecule has 0 unspecified atom stereocenters. The van der Waals surface area contributed by atoms with Crippen molar-refractivity contribution in [3.63, 3.8) is 0 Å². The average molecular weight is 318 g/mol. The Hall–Kier alpha value is -2.74. The van der Waals surface area contributed by atoms with Gasteiger partial charge in [-0.05, 0) is 25.1 Å². The minimum atomic E-state index is -0.677. The molecule has 0 aromatic heterocycles. The number of nitro benzene ring substituents is 2. The van der Waals surface area contributed by atoms with Crippen LogP contribution in [0.1, 0.15) is 17.3 Å². The summed E-state index contributed by atoms with van der Waals surface area (Å²) in [5.74, 6) is -0.0714. The van der Waals surface area contributed by atoms with Crippen LogP contribution in [0, 0.1) is 20.2 Å². The maximum Gasteiger partial charge on any atom is 0.290 e. The third-order valence-corrected chi connectivity index (χ3v) is 3.91. The molecule has 2 aromatic carbocycles. The number of carbonyl (C=O) groups excluding carboxylic acids is 1. The van der Waals surface area contributed by atoms with Gasteiger partial charge in [0.2, 0.25) is 0 Å². The molecule has 2 aromatic rings. The van der Waals surface area contributed by atoms with Crippen molar-refractivity contribution in [1.29, 1.82) is 0 Å². The second-order valence-electron chi connectivity index (χ2n) is 4.35. The van der Waals surface area contributed by atoms with E-state index in [0.29, 0.717) is 15.4 Å². The Morgan fingerprint density at radius 1 is 1.00 bits per heavy atom. The summed E-state index contributed by atoms with van der Waals surface area (Å²) in [5, 5.41) is 21.7. The molecule has 7 nitrogen and oxygen atoms in total. The average Bonchev–Trinajstić information content (AvgIpc) is 2.47. The molecule has 0 aliphatic heterocycles. The summed E-state index contributed by atoms with van der Waals surface area (Å²) in [6.45, 7) is 1.45. The Balaban J connectivity index is 2.34. The molecule has 0 heterocycles. The molecule has 2 rings (SSSR count). The number of rotatable bonds is 5. The van der Waals surface area contributed by atoms with E-state index in [4.69, 9.17) is 0 Å². The zero-order chi connectivity index (χ0) is 16.3. The fourth-order valence-electron chi connectivity index (χ4n) is 1.73. The summed E-state index contributed by atoms with van der Waals surface area (Å²) < 4.78 is 0. The molecule has 0 aliphatic carbocycles. The highest BCUT2D eigenvalue weighted by atomic mass is 32.2. The Labute approximate surface area is 129 Å². The normalized spacial score (nSPS) is 10.2. The van der Waals surface area contributed by atoms with E-state index in [0.717, 1.165) is 17.8 Å². The molecule has 0 saturated heterocycles. The first-order chi connectivity index (χ1) is 10.4. The second kappa shape index (κ2) is 6.35. The van der Waals surface area contributed by atoms with E-state index in [1.807, 2.05) is 0 Å². The zero-order valence-electron chi connectivity index (χ0n) is 11.4. The fourth-order valence-corrected chi connectivity index (χ4v) is 2.63. The zero-order valence-corrected chi connectivity index (χ0v) is 12.2. The molecule has 22 heavy (non-hydrogen) atoms. The molecular weight excluding hydrogens is 308 g/mol. The van der Waals surface area contributed by atoms with Crippen LogP contribution in [0.25, 0.3) is 0 Å². The number of non-ortho nitro benzene ring substituents is 1. The maximum atomic E-state index is 11.2. The monoisotopic (exact) mass is 318 g/mol. The van der Waals surface area contributed by atoms with E-state index >= 15 is 0 Å². The maximum absolute atomic E-state index is 11.2. The first-order valence-corrected chi connectivity index (χ1v) is 6.92. The summed E-state index contributed by atoms with van der Waals surface area (Å²) in [7, 11) is 0. The lowest BCUT2D eigenvalue weighted by Gasteiger charge is -2.04. The quantitative estimate of drug-likeness (QED) is 0.471. The van der Waals surface area contributed by atoms with Crippen LogP contribution < -0.4 is 0 Å². The van der Waals surface area contributed by atoms with Crippen molar-refractivity contribution in [3.8, 4) is 0 Å². The lowest BCUT2D eigenvalue weighted by atomic mass is 10.2. The summed E-state index contributed by atoms with van der Waals surface area (Å²) in [4.78, 5) is 32.6. The van der Waals surface area contributed by atoms with Crippen molar-refractivity contribution in [2.45, 2.75) is 16.7 Å². The minimum absolute atomic E-state index is 0.0714. The molecule has 0 spiro atoms. The van der Waals surface area contributed by atoms with E-state index in [-0.39, 0.29) is 17.2 Å². The van der Waals surface area contributed by atoms with Crippen LogP contribution in [-0.2, 0) is 0 Å². The summed E-state index contributed by atoms with van der Waals surface area (Å²) in [6, 6.07) is 10.1. The van der Waals surface area contributed by atoms with Gasteiger partial charge in [-0.2, -0.15) is 0 Å². The van der Waals surface area contributed by atoms with Gasteiger partial charge in [0.1, 0.15) is 0 Å². The highest BCUT2D eigenvalue weighted by molar-refractivity contribution is 7.99. The predicted molar refractivity (Wildman–Crippen MR) is 80.3 cm³/mol. The van der Waals surface area contributed by atoms with Gasteiger partial charge >= 0.3 is 0 Å². The Morgan fingerprint density at radius 2 is 1.64 bits per heavy atom. The van der Waals surface area contributed by atoms with Crippen molar-refractivity contribution in [2.24, 2.45) is 0 Å². The number of ketones is 1. The van der Waals surface area contributed by atoms with Crippen LogP contribution in [0.2, 0.25) is 0 Å². The van der Waals surface area contributed by atoms with Crippen LogP contribution in [0.15, 0.2) is 52.3 Å². The van der Waals surface area contributed by atoms with E-state index in [9.17, 15) is 25.0 Å². The summed E-state index contributed by atoms with van der Waals surface area (Å²) in [6.07, 6.45) is 0. The molecule has 0 N–H and O–H groups in total. The Kier molecular flexibility index (Phi) is 4.52. The lowest BCUT2D eigenvalue weighted by molar-refractivity contribution is -0.396. The predicted octanol–water partition coefficient (Wildman–Crippen LogP) is 3.86. The van der Waals surface area contributed by atoms with Gasteiger partial charge in [0.05, 0.1) is 20.8 Å². The SMILES string of the molecule is CC(=O)c1ccc(Sc2ccc([N+](=O)[O-])cc2[N+](=O)[O-])cc1. The van der Waals surface area contributed by atoms with Crippen molar-refractivity contribution < 1.29 is 14.6 Å². The Morgan fingerprint density at radius 3 is 2.14 bits per heavy atom. The standard InChI is InChI=1S/C14H10N2O5S/c1-9(17)10-2-5-12(6-3-10)22-14-7-4-11(15(18)19)8-13(14)16(20)21/h2-8H,1H3. The first-order valence-electron chi connectivity index (χ1n) is 6.10. The van der Waals surface area contributed by atoms with Crippen molar-refractivity contribution in [1.82, 2.24) is 0 Å². The van der Waals surface area contributed by atoms with Gasteiger partial charge in [-0.1, -0.05) is 23.9 Å². The molecule has 0 aliphatic rings. The molecule has 0 radical (unpaired) electrons. The smallest absolute Gasteiger partial charge is 0.290 e. The number of hydrogen-bond acceptors (Lipinski definition) is 6. The van der Waals surface area contributed by atoms with Crippen molar-refractivity contribution in [3.05, 3.63) is 68.3 Å². The highest BCUT2D eigenvalue weighted by Gasteiger charge is 2.20. The van der Waals surface area contributed by atoms with Crippen LogP contribution >= 0.6 is 11.8 Å². The van der Waals surface area contributed by atoms with Crippen LogP contribution in [-0.4, -0.2) is 15.6 Å². The third kappa shape index (κ3) is 3.47. The van der Waals surface area contributed by atoms with Gasteiger partial charge in [0.15, 0.2) is 5.78 Å². The molecular formula is C14H10N2O5S. The number of benzene rings is 2. The molecule has 8 heteroatoms. The number of Topliss-reactive ketones (excluding diaryl/α,β-unsaturated/α-hetero) is 1. The minimum Gasteiger partial charge on any atom is -0.295 e. The number of nitrogens with zero attached hydrogens (tertiary/aromatic N) is 2. The van der Waals surface area contributed by atoms with Gasteiger partial charge < -0.3 is 0 Å². The second-order valence-corrected chi connectivity index (χ2v) is 5.46. The van der Waals surface area contributed by atoms with E-state index < -0.39 is 9.85 Å². The summed E-state index contributed by atoms with van der Waals surface area (Å²) >= 11 is 1.11. The first kappa shape index (κ1) is 15.6. The topological polar surface area (TPSA) is 103 Å². The highest BCUT2D eigenvalue weighted by Crippen LogP contribution is 2.36. The number of carbonyl (C=O) groups is 1. The molecule has 0 atom stereocenters. The molecule has 0 fully saturated rings. The lowest BCUT2D eigenvalue weighted by Crippen LogP contribution is -1.94. The van der Waals surface area contributed by atoms with Crippen LogP contribution in [0.4, 0.5) is 11.4 Å². The van der Waals surface area contributed by atoms with E-state index in [1.165, 1.54) is 19.1 Å². The van der Waals surface area contributed by atoms with Gasteiger partial charge in [0, 0.05) is 16.5 Å². The molecule has 0 amide bonds. The van der Waals surface area contributed by atoms with Gasteiger partial charge in [0.25, 0.3) is 11.4 Å². The Bertz CT molecular complexity index is 758. The fraction of sp³-hybridized carbons (Fsp3) is 0.0714. The van der Waals surface area contributed by atoms with Gasteiger partial charge in [-0.3, -0.25) is 25.0 Å². The van der Waals surface area contributed by atoms with Gasteiger partial charge in [-0.25, -0.2) is 0 Å². The number of hydrogen-bond donors (Lipinski definition) is 0. The van der Waals surface area contributed by atoms with Crippen LogP contribution in [0.3, 0.4) is 0 Å². The van der Waals surface area contributed by atoms with Crippen molar-refractivity contribution in [2.75, 3.05) is 0 Å². The molecule has 112 valence electrons. The third-order valence-electron chi connectivity index (χ3n) is 2.84. The van der Waals surface area contributed by atoms with Crippen molar-refractivity contribution >= 4 is 28.9 Å². The molecule has 0 bridgehead atoms. The largest absolute Gasteiger partial charge is 0.295 e. The number of nitro groups is 2. The van der Waals surface area contributed by atoms with Gasteiger partial charge in [-0.15, -0.1) is 0 Å². The van der Waals surface area contributed by atoms with E-state index in [1.54, 1.807) is 24.3 Å². The molecule has 0 saturated carbocycles. The van der Waals surface area contributed by atoms with Crippen LogP contribution in [0.5, 0.6) is 0 Å².